The van der Waals surface area contributed by atoms with Gasteiger partial charge in [-0.1, -0.05) is 38.3 Å². The molecule has 1 atom stereocenters. The van der Waals surface area contributed by atoms with Crippen LogP contribution in [0.15, 0.2) is 35.5 Å². The molecular weight excluding hydrogens is 382 g/mol. The monoisotopic (exact) mass is 413 g/mol. The minimum absolute atomic E-state index is 0.0357. The van der Waals surface area contributed by atoms with Crippen LogP contribution in [0.5, 0.6) is 0 Å². The van der Waals surface area contributed by atoms with Gasteiger partial charge >= 0.3 is 12.0 Å². The zero-order valence-electron chi connectivity index (χ0n) is 18.0. The number of carbonyl (C=O) groups is 3. The van der Waals surface area contributed by atoms with Crippen molar-refractivity contribution in [2.75, 3.05) is 19.0 Å². The molecule has 1 aromatic rings. The van der Waals surface area contributed by atoms with Gasteiger partial charge in [0.15, 0.2) is 0 Å². The fourth-order valence-electron chi connectivity index (χ4n) is 4.30. The Bertz CT molecular complexity index is 843. The van der Waals surface area contributed by atoms with E-state index in [0.717, 1.165) is 37.7 Å². The lowest BCUT2D eigenvalue weighted by Crippen LogP contribution is -2.48. The Balaban J connectivity index is 1.88. The molecule has 0 bridgehead atoms. The highest BCUT2D eigenvalue weighted by molar-refractivity contribution is 5.95. The van der Waals surface area contributed by atoms with Gasteiger partial charge in [0.25, 0.3) is 0 Å². The Morgan fingerprint density at radius 1 is 1.23 bits per heavy atom. The van der Waals surface area contributed by atoms with Crippen molar-refractivity contribution in [1.29, 1.82) is 0 Å². The van der Waals surface area contributed by atoms with Crippen LogP contribution in [-0.4, -0.2) is 36.5 Å². The predicted octanol–water partition coefficient (Wildman–Crippen LogP) is 4.13. The van der Waals surface area contributed by atoms with Gasteiger partial charge in [-0.05, 0) is 43.9 Å². The largest absolute Gasteiger partial charge is 0.466 e. The van der Waals surface area contributed by atoms with E-state index < -0.39 is 12.0 Å². The summed E-state index contributed by atoms with van der Waals surface area (Å²) < 4.78 is 5.00. The van der Waals surface area contributed by atoms with E-state index in [1.807, 2.05) is 31.2 Å². The number of urea groups is 1. The number of benzene rings is 1. The average Bonchev–Trinajstić information content (AvgIpc) is 2.76. The zero-order chi connectivity index (χ0) is 21.7. The van der Waals surface area contributed by atoms with E-state index in [1.54, 1.807) is 11.8 Å². The highest BCUT2D eigenvalue weighted by Crippen LogP contribution is 2.33. The van der Waals surface area contributed by atoms with E-state index in [2.05, 4.69) is 10.6 Å². The Morgan fingerprint density at radius 2 is 1.97 bits per heavy atom. The van der Waals surface area contributed by atoms with E-state index >= 15 is 0 Å². The summed E-state index contributed by atoms with van der Waals surface area (Å²) in [6.07, 6.45) is 5.99. The van der Waals surface area contributed by atoms with Crippen LogP contribution >= 0.6 is 0 Å². The number of methoxy groups -OCH3 is 1. The second kappa shape index (κ2) is 9.78. The normalized spacial score (nSPS) is 20.0. The third kappa shape index (κ3) is 4.66. The molecular formula is C23H31N3O4. The van der Waals surface area contributed by atoms with Gasteiger partial charge in [0.2, 0.25) is 5.91 Å². The first-order chi connectivity index (χ1) is 14.5. The summed E-state index contributed by atoms with van der Waals surface area (Å²) in [6.45, 7) is 4.26. The summed E-state index contributed by atoms with van der Waals surface area (Å²) in [5.41, 5.74) is 2.38. The van der Waals surface area contributed by atoms with E-state index in [4.69, 9.17) is 4.74 Å². The number of ether oxygens (including phenoxy) is 1. The first-order valence-corrected chi connectivity index (χ1v) is 10.7. The molecule has 7 heteroatoms. The summed E-state index contributed by atoms with van der Waals surface area (Å²) in [7, 11) is 1.33. The summed E-state index contributed by atoms with van der Waals surface area (Å²) in [5, 5.41) is 5.93. The number of nitrogens with one attached hydrogen (secondary N) is 2. The maximum absolute atomic E-state index is 12.7. The average molecular weight is 414 g/mol. The third-order valence-electron chi connectivity index (χ3n) is 5.91. The van der Waals surface area contributed by atoms with Gasteiger partial charge < -0.3 is 15.4 Å². The molecule has 1 heterocycles. The Kier molecular flexibility index (Phi) is 7.13. The van der Waals surface area contributed by atoms with Crippen LogP contribution in [0, 0.1) is 5.92 Å². The third-order valence-corrected chi connectivity index (χ3v) is 5.91. The summed E-state index contributed by atoms with van der Waals surface area (Å²) in [6, 6.07) is 6.42. The summed E-state index contributed by atoms with van der Waals surface area (Å²) >= 11 is 0. The topological polar surface area (TPSA) is 87.7 Å². The molecule has 3 rings (SSSR count). The predicted molar refractivity (Wildman–Crippen MR) is 115 cm³/mol. The van der Waals surface area contributed by atoms with E-state index in [9.17, 15) is 14.4 Å². The molecule has 162 valence electrons. The van der Waals surface area contributed by atoms with E-state index in [0.29, 0.717) is 23.5 Å². The molecule has 0 radical (unpaired) electrons. The molecule has 30 heavy (non-hydrogen) atoms. The smallest absolute Gasteiger partial charge is 0.337 e. The molecule has 1 aromatic carbocycles. The van der Waals surface area contributed by atoms with Crippen molar-refractivity contribution in [1.82, 2.24) is 10.2 Å². The Hall–Kier alpha value is -2.83. The molecule has 1 fully saturated rings. The summed E-state index contributed by atoms with van der Waals surface area (Å²) in [5.74, 6) is -0.393. The molecule has 2 aliphatic rings. The van der Waals surface area contributed by atoms with Crippen LogP contribution in [0.25, 0.3) is 0 Å². The van der Waals surface area contributed by atoms with Gasteiger partial charge in [-0.15, -0.1) is 0 Å². The minimum Gasteiger partial charge on any atom is -0.466 e. The number of rotatable bonds is 6. The van der Waals surface area contributed by atoms with Crippen LogP contribution in [0.2, 0.25) is 0 Å². The number of nitrogens with zero attached hydrogens (tertiary/aromatic N) is 1. The minimum atomic E-state index is -0.635. The van der Waals surface area contributed by atoms with E-state index in [1.165, 1.54) is 13.5 Å². The van der Waals surface area contributed by atoms with Gasteiger partial charge in [0.05, 0.1) is 18.7 Å². The van der Waals surface area contributed by atoms with Gasteiger partial charge in [0, 0.05) is 23.8 Å². The van der Waals surface area contributed by atoms with Crippen LogP contribution in [0.4, 0.5) is 10.5 Å². The number of anilines is 1. The number of allylic oxidation sites excluding steroid dienone is 1. The Labute approximate surface area is 177 Å². The number of amides is 3. The second-order valence-corrected chi connectivity index (χ2v) is 7.97. The van der Waals surface area contributed by atoms with Crippen molar-refractivity contribution in [3.63, 3.8) is 0 Å². The van der Waals surface area contributed by atoms with Crippen molar-refractivity contribution in [2.24, 2.45) is 5.92 Å². The molecule has 0 aromatic heterocycles. The zero-order valence-corrected chi connectivity index (χ0v) is 18.0. The number of hydrogen-bond acceptors (Lipinski definition) is 4. The summed E-state index contributed by atoms with van der Waals surface area (Å²) in [4.78, 5) is 39.4. The molecule has 3 amide bonds. The van der Waals surface area contributed by atoms with Crippen LogP contribution in [0.1, 0.15) is 64.0 Å². The molecule has 1 aliphatic carbocycles. The highest BCUT2D eigenvalue weighted by atomic mass is 16.5. The molecule has 0 saturated heterocycles. The van der Waals surface area contributed by atoms with Crippen molar-refractivity contribution >= 4 is 23.6 Å². The van der Waals surface area contributed by atoms with Crippen molar-refractivity contribution in [3.05, 3.63) is 41.1 Å². The fourth-order valence-corrected chi connectivity index (χ4v) is 4.30. The highest BCUT2D eigenvalue weighted by Gasteiger charge is 2.36. The van der Waals surface area contributed by atoms with Crippen LogP contribution in [0.3, 0.4) is 0 Å². The first kappa shape index (κ1) is 21.9. The van der Waals surface area contributed by atoms with Gasteiger partial charge in [-0.25, -0.2) is 9.59 Å². The molecule has 7 nitrogen and oxygen atoms in total. The second-order valence-electron chi connectivity index (χ2n) is 7.97. The van der Waals surface area contributed by atoms with Gasteiger partial charge in [-0.3, -0.25) is 9.69 Å². The lowest BCUT2D eigenvalue weighted by Gasteiger charge is -2.35. The molecule has 1 aliphatic heterocycles. The SMILES string of the molecule is CCCN1C(=O)N[C@@H](c2cccc(NC(=O)C3CCCCC3)c2)C(C(=O)OC)=C1C. The van der Waals surface area contributed by atoms with Gasteiger partial charge in [-0.2, -0.15) is 0 Å². The fraction of sp³-hybridized carbons (Fsp3) is 0.522. The van der Waals surface area contributed by atoms with Crippen molar-refractivity contribution in [2.45, 2.75) is 58.4 Å². The van der Waals surface area contributed by atoms with Crippen LogP contribution in [-0.2, 0) is 14.3 Å². The quantitative estimate of drug-likeness (QED) is 0.687. The molecule has 2 N–H and O–H groups in total. The van der Waals surface area contributed by atoms with E-state index in [-0.39, 0.29) is 17.9 Å². The maximum Gasteiger partial charge on any atom is 0.337 e. The molecule has 0 spiro atoms. The maximum atomic E-state index is 12.7. The number of hydrogen-bond donors (Lipinski definition) is 2. The molecule has 0 unspecified atom stereocenters. The van der Waals surface area contributed by atoms with Gasteiger partial charge in [0.1, 0.15) is 0 Å². The lowest BCUT2D eigenvalue weighted by molar-refractivity contribution is -0.136. The van der Waals surface area contributed by atoms with Crippen molar-refractivity contribution < 1.29 is 19.1 Å². The lowest BCUT2D eigenvalue weighted by atomic mass is 9.88. The number of esters is 1. The Morgan fingerprint density at radius 3 is 2.63 bits per heavy atom. The van der Waals surface area contributed by atoms with Crippen LogP contribution < -0.4 is 10.6 Å². The standard InChI is InChI=1S/C23H31N3O4/c1-4-13-26-15(2)19(22(28)30-3)20(25-23(26)29)17-11-8-12-18(14-17)24-21(27)16-9-6-5-7-10-16/h8,11-12,14,16,20H,4-7,9-10,13H2,1-3H3,(H,24,27)(H,25,29)/t20-/m0/s1. The molecule has 1 saturated carbocycles. The van der Waals surface area contributed by atoms with Crippen molar-refractivity contribution in [3.8, 4) is 0 Å². The number of carbonyl (C=O) groups excluding carboxylic acids is 3. The first-order valence-electron chi connectivity index (χ1n) is 10.7.